The fraction of sp³-hybridized carbons (Fsp3) is 0.593. The van der Waals surface area contributed by atoms with Crippen LogP contribution in [0.2, 0.25) is 0 Å². The number of nitrogens with zero attached hydrogens (tertiary/aromatic N) is 1. The van der Waals surface area contributed by atoms with Crippen molar-refractivity contribution in [2.24, 2.45) is 0 Å². The van der Waals surface area contributed by atoms with Crippen molar-refractivity contribution in [1.82, 2.24) is 15.5 Å². The van der Waals surface area contributed by atoms with Crippen LogP contribution < -0.4 is 16.0 Å². The van der Waals surface area contributed by atoms with E-state index in [1.807, 2.05) is 20.8 Å². The van der Waals surface area contributed by atoms with E-state index in [9.17, 15) is 24.0 Å². The van der Waals surface area contributed by atoms with E-state index in [4.69, 9.17) is 4.74 Å². The number of carbonyl (C=O) groups is 5. The van der Waals surface area contributed by atoms with Crippen LogP contribution in [0.1, 0.15) is 92.9 Å². The number of piperidine rings is 1. The number of ether oxygens (including phenoxy) is 1. The van der Waals surface area contributed by atoms with E-state index in [-0.39, 0.29) is 42.1 Å². The number of rotatable bonds is 13. The molecule has 0 saturated carbocycles. The van der Waals surface area contributed by atoms with E-state index < -0.39 is 29.7 Å². The monoisotopic (exact) mass is 514 g/mol. The molecule has 3 N–H and O–H groups in total. The van der Waals surface area contributed by atoms with Crippen LogP contribution in [0.3, 0.4) is 0 Å². The van der Waals surface area contributed by atoms with Gasteiger partial charge in [0.1, 0.15) is 12.6 Å². The number of carbonyl (C=O) groups excluding carboxylic acids is 5. The summed E-state index contributed by atoms with van der Waals surface area (Å²) in [5.74, 6) is -2.11. The summed E-state index contributed by atoms with van der Waals surface area (Å²) in [7, 11) is 0. The molecule has 0 aromatic heterocycles. The molecule has 1 aromatic rings. The van der Waals surface area contributed by atoms with Crippen molar-refractivity contribution in [3.05, 3.63) is 29.3 Å². The first-order valence-corrected chi connectivity index (χ1v) is 13.1. The summed E-state index contributed by atoms with van der Waals surface area (Å²) in [5, 5.41) is 8.35. The first kappa shape index (κ1) is 28.3. The smallest absolute Gasteiger partial charge is 0.264 e. The van der Waals surface area contributed by atoms with Crippen molar-refractivity contribution in [3.8, 4) is 0 Å². The van der Waals surface area contributed by atoms with Crippen LogP contribution in [-0.2, 0) is 19.1 Å². The third-order valence-electron chi connectivity index (χ3n) is 6.35. The normalized spacial score (nSPS) is 17.6. The van der Waals surface area contributed by atoms with Crippen molar-refractivity contribution in [3.63, 3.8) is 0 Å². The number of anilines is 1. The summed E-state index contributed by atoms with van der Waals surface area (Å²) in [5.41, 5.74) is 0.816. The van der Waals surface area contributed by atoms with E-state index in [1.165, 1.54) is 0 Å². The first-order valence-electron chi connectivity index (χ1n) is 13.1. The Hall–Kier alpha value is -3.27. The fourth-order valence-corrected chi connectivity index (χ4v) is 4.40. The Morgan fingerprint density at radius 2 is 1.68 bits per heavy atom. The van der Waals surface area contributed by atoms with E-state index in [0.717, 1.165) is 43.4 Å². The SMILES string of the molecule is CC(C)(C)OCC(=O)NCCCCCCCCNc1cccc2c1C(=O)N(C1CCC(=O)NC1=O)C2=O. The Morgan fingerprint density at radius 1 is 1.00 bits per heavy atom. The van der Waals surface area contributed by atoms with Gasteiger partial charge in [-0.2, -0.15) is 0 Å². The zero-order valence-corrected chi connectivity index (χ0v) is 22.0. The predicted molar refractivity (Wildman–Crippen MR) is 138 cm³/mol. The maximum Gasteiger partial charge on any atom is 0.264 e. The maximum atomic E-state index is 13.1. The van der Waals surface area contributed by atoms with Crippen LogP contribution in [0, 0.1) is 0 Å². The van der Waals surface area contributed by atoms with E-state index in [2.05, 4.69) is 16.0 Å². The largest absolute Gasteiger partial charge is 0.384 e. The third kappa shape index (κ3) is 7.85. The Labute approximate surface area is 217 Å². The predicted octanol–water partition coefficient (Wildman–Crippen LogP) is 2.77. The highest BCUT2D eigenvalue weighted by Gasteiger charge is 2.45. The number of hydrogen-bond acceptors (Lipinski definition) is 7. The van der Waals surface area contributed by atoms with Crippen molar-refractivity contribution in [2.45, 2.75) is 83.8 Å². The van der Waals surface area contributed by atoms with Crippen molar-refractivity contribution >= 4 is 35.2 Å². The molecule has 1 unspecified atom stereocenters. The number of benzene rings is 1. The standard InChI is InChI=1S/C27H38N4O6/c1-27(2,3)37-17-22(33)29-16-9-7-5-4-6-8-15-28-19-12-10-11-18-23(19)26(36)31(25(18)35)20-13-14-21(32)30-24(20)34/h10-12,20,28H,4-9,13-17H2,1-3H3,(H,29,33)(H,30,32,34). The van der Waals surface area contributed by atoms with E-state index in [0.29, 0.717) is 18.8 Å². The molecular weight excluding hydrogens is 476 g/mol. The van der Waals surface area contributed by atoms with Gasteiger partial charge in [0, 0.05) is 25.2 Å². The van der Waals surface area contributed by atoms with Crippen LogP contribution in [0.25, 0.3) is 0 Å². The van der Waals surface area contributed by atoms with Crippen LogP contribution in [0.4, 0.5) is 5.69 Å². The number of imide groups is 2. The van der Waals surface area contributed by atoms with Crippen LogP contribution in [0.15, 0.2) is 18.2 Å². The highest BCUT2D eigenvalue weighted by atomic mass is 16.5. The minimum atomic E-state index is -0.969. The molecule has 1 saturated heterocycles. The first-order chi connectivity index (χ1) is 17.6. The molecule has 3 rings (SSSR count). The fourth-order valence-electron chi connectivity index (χ4n) is 4.40. The van der Waals surface area contributed by atoms with Crippen LogP contribution in [-0.4, -0.2) is 65.8 Å². The summed E-state index contributed by atoms with van der Waals surface area (Å²) in [4.78, 5) is 62.4. The average molecular weight is 515 g/mol. The van der Waals surface area contributed by atoms with E-state index >= 15 is 0 Å². The Balaban J connectivity index is 1.35. The van der Waals surface area contributed by atoms with Gasteiger partial charge in [-0.15, -0.1) is 0 Å². The Bertz CT molecular complexity index is 1030. The summed E-state index contributed by atoms with van der Waals surface area (Å²) >= 11 is 0. The topological polar surface area (TPSA) is 134 Å². The highest BCUT2D eigenvalue weighted by Crippen LogP contribution is 2.32. The lowest BCUT2D eigenvalue weighted by molar-refractivity contribution is -0.136. The number of unbranched alkanes of at least 4 members (excludes halogenated alkanes) is 5. The summed E-state index contributed by atoms with van der Waals surface area (Å²) in [6, 6.07) is 4.10. The molecule has 0 radical (unpaired) electrons. The molecule has 0 bridgehead atoms. The molecule has 202 valence electrons. The van der Waals surface area contributed by atoms with Gasteiger partial charge in [-0.05, 0) is 52.2 Å². The number of fused-ring (bicyclic) bond motifs is 1. The molecule has 2 heterocycles. The molecule has 2 aliphatic rings. The summed E-state index contributed by atoms with van der Waals surface area (Å²) in [6.07, 6.45) is 6.25. The minimum absolute atomic E-state index is 0.0792. The molecule has 0 spiro atoms. The van der Waals surface area contributed by atoms with Gasteiger partial charge in [0.05, 0.1) is 16.7 Å². The molecule has 0 aliphatic carbocycles. The third-order valence-corrected chi connectivity index (χ3v) is 6.35. The van der Waals surface area contributed by atoms with Gasteiger partial charge in [0.2, 0.25) is 17.7 Å². The quantitative estimate of drug-likeness (QED) is 0.272. The summed E-state index contributed by atoms with van der Waals surface area (Å²) < 4.78 is 5.45. The van der Waals surface area contributed by atoms with E-state index in [1.54, 1.807) is 18.2 Å². The van der Waals surface area contributed by atoms with Gasteiger partial charge in [0.25, 0.3) is 11.8 Å². The second kappa shape index (κ2) is 12.8. The average Bonchev–Trinajstić information content (AvgIpc) is 3.09. The van der Waals surface area contributed by atoms with Crippen LogP contribution in [0.5, 0.6) is 0 Å². The maximum absolute atomic E-state index is 13.1. The van der Waals surface area contributed by atoms with Crippen molar-refractivity contribution < 1.29 is 28.7 Å². The minimum Gasteiger partial charge on any atom is -0.384 e. The van der Waals surface area contributed by atoms with Gasteiger partial charge >= 0.3 is 0 Å². The second-order valence-electron chi connectivity index (χ2n) is 10.5. The Kier molecular flexibility index (Phi) is 9.79. The lowest BCUT2D eigenvalue weighted by Gasteiger charge is -2.27. The Morgan fingerprint density at radius 3 is 2.35 bits per heavy atom. The van der Waals surface area contributed by atoms with Gasteiger partial charge in [-0.3, -0.25) is 34.2 Å². The zero-order valence-electron chi connectivity index (χ0n) is 22.0. The molecule has 2 aliphatic heterocycles. The van der Waals surface area contributed by atoms with Crippen molar-refractivity contribution in [1.29, 1.82) is 0 Å². The molecule has 10 nitrogen and oxygen atoms in total. The second-order valence-corrected chi connectivity index (χ2v) is 10.5. The number of hydrogen-bond donors (Lipinski definition) is 3. The zero-order chi connectivity index (χ0) is 27.0. The van der Waals surface area contributed by atoms with Crippen molar-refractivity contribution in [2.75, 3.05) is 25.0 Å². The molecule has 1 fully saturated rings. The van der Waals surface area contributed by atoms with Crippen LogP contribution >= 0.6 is 0 Å². The number of amides is 5. The van der Waals surface area contributed by atoms with Gasteiger partial charge in [0.15, 0.2) is 0 Å². The molecule has 1 aromatic carbocycles. The highest BCUT2D eigenvalue weighted by molar-refractivity contribution is 6.25. The number of nitrogens with one attached hydrogen (secondary N) is 3. The van der Waals surface area contributed by atoms with Gasteiger partial charge in [-0.25, -0.2) is 0 Å². The molecule has 1 atom stereocenters. The summed E-state index contributed by atoms with van der Waals surface area (Å²) in [6.45, 7) is 7.13. The molecule has 37 heavy (non-hydrogen) atoms. The van der Waals surface area contributed by atoms with Gasteiger partial charge in [-0.1, -0.05) is 31.7 Å². The molecular formula is C27H38N4O6. The molecule has 10 heteroatoms. The lowest BCUT2D eigenvalue weighted by atomic mass is 10.0. The molecule has 5 amide bonds. The van der Waals surface area contributed by atoms with Gasteiger partial charge < -0.3 is 15.4 Å². The lowest BCUT2D eigenvalue weighted by Crippen LogP contribution is -2.54.